The highest BCUT2D eigenvalue weighted by atomic mass is 35.5. The van der Waals surface area contributed by atoms with Crippen LogP contribution in [0.5, 0.6) is 5.75 Å². The summed E-state index contributed by atoms with van der Waals surface area (Å²) in [4.78, 5) is 76.4. The molecule has 2 aliphatic heterocycles. The van der Waals surface area contributed by atoms with Crippen LogP contribution >= 0.6 is 23.1 Å². The van der Waals surface area contributed by atoms with Gasteiger partial charge in [0.15, 0.2) is 6.04 Å². The van der Waals surface area contributed by atoms with E-state index in [9.17, 15) is 28.5 Å². The van der Waals surface area contributed by atoms with E-state index in [1.54, 1.807) is 45.0 Å². The predicted octanol–water partition coefficient (Wildman–Crippen LogP) is 3.39. The Morgan fingerprint density at radius 1 is 1.13 bits per heavy atom. The first-order chi connectivity index (χ1) is 25.0. The average molecular weight is 797 g/mol. The number of unbranched alkanes of at least 4 members (excludes halogenated alkanes) is 1. The summed E-state index contributed by atoms with van der Waals surface area (Å²) < 4.78 is 38.6. The van der Waals surface area contributed by atoms with Gasteiger partial charge in [0, 0.05) is 17.1 Å². The summed E-state index contributed by atoms with van der Waals surface area (Å²) in [6.07, 6.45) is 0.566. The zero-order valence-electron chi connectivity index (χ0n) is 30.2. The molecule has 1 saturated heterocycles. The van der Waals surface area contributed by atoms with Crippen molar-refractivity contribution in [1.82, 2.24) is 19.6 Å². The van der Waals surface area contributed by atoms with Crippen molar-refractivity contribution in [3.05, 3.63) is 46.9 Å². The van der Waals surface area contributed by atoms with Gasteiger partial charge in [0.2, 0.25) is 27.6 Å². The van der Waals surface area contributed by atoms with E-state index < -0.39 is 69.4 Å². The number of hydrogen-bond donors (Lipinski definition) is 2. The molecule has 1 unspecified atom stereocenters. The number of carbonyl (C=O) groups excluding carboxylic acids is 5. The lowest BCUT2D eigenvalue weighted by atomic mass is 10.0. The number of nitrogens with one attached hydrogen (secondary N) is 2. The lowest BCUT2D eigenvalue weighted by molar-refractivity contribution is -0.168. The number of β-lactam (4-membered cyclic amide) rings is 1. The second kappa shape index (κ2) is 17.6. The maximum absolute atomic E-state index is 13.8. The van der Waals surface area contributed by atoms with Gasteiger partial charge in [0.05, 0.1) is 19.6 Å². The number of alkyl halides is 1. The van der Waals surface area contributed by atoms with Crippen LogP contribution in [0.15, 0.2) is 40.7 Å². The number of amides is 3. The van der Waals surface area contributed by atoms with Gasteiger partial charge >= 0.3 is 18.0 Å². The maximum atomic E-state index is 13.8. The molecule has 0 radical (unpaired) electrons. The topological polar surface area (TPSA) is 220 Å². The molecule has 3 amide bonds. The summed E-state index contributed by atoms with van der Waals surface area (Å²) in [5, 5.41) is 7.56. The molecule has 0 saturated carbocycles. The van der Waals surface area contributed by atoms with Crippen molar-refractivity contribution in [1.29, 1.82) is 0 Å². The van der Waals surface area contributed by atoms with Crippen LogP contribution in [-0.2, 0) is 56.0 Å². The number of benzene rings is 1. The average Bonchev–Trinajstić information content (AvgIpc) is 3.55. The molecule has 17 nitrogen and oxygen atoms in total. The van der Waals surface area contributed by atoms with E-state index in [-0.39, 0.29) is 47.1 Å². The molecule has 3 heterocycles. The van der Waals surface area contributed by atoms with Crippen LogP contribution in [0.4, 0.5) is 9.93 Å². The zero-order chi connectivity index (χ0) is 39.1. The summed E-state index contributed by atoms with van der Waals surface area (Å²) in [5.41, 5.74) is -2.35. The Kier molecular flexibility index (Phi) is 13.7. The van der Waals surface area contributed by atoms with E-state index in [2.05, 4.69) is 25.1 Å². The molecule has 20 heteroatoms. The minimum Gasteiger partial charge on any atom is -0.614 e. The smallest absolute Gasteiger partial charge is 0.414 e. The van der Waals surface area contributed by atoms with E-state index in [0.717, 1.165) is 11.3 Å². The van der Waals surface area contributed by atoms with Gasteiger partial charge in [0.1, 0.15) is 29.4 Å². The normalized spacial score (nSPS) is 18.7. The number of ether oxygens (including phenoxy) is 4. The molecule has 0 aliphatic carbocycles. The first-order valence-corrected chi connectivity index (χ1v) is 19.0. The standard InChI is InChI=1S/C33H41ClN6O11S2/c1-8-9-14-48-29(44)33(5,6)51-38-21(24-36-30(52-39-24)37-31(45)50-32(2,3)4)25(41)35-22-26(42)40-23(19(15-34)17-53(46)27(22)40)28(43)49-16-18-10-12-20(47-7)13-11-18/h10-13,22,27H,8-9,14-17H2,1-7H3,(H,35,41)(H,36,37,39,45)/b38-21-/t22-,27-,53?/m1/s1. The molecular formula is C33H41ClN6O11S2. The third-order valence-electron chi connectivity index (χ3n) is 7.42. The molecule has 288 valence electrons. The Balaban J connectivity index is 1.56. The van der Waals surface area contributed by atoms with E-state index in [1.165, 1.54) is 21.0 Å². The van der Waals surface area contributed by atoms with Gasteiger partial charge in [-0.25, -0.2) is 14.4 Å². The SMILES string of the molecule is CCCCOC(=O)C(C)(C)O/N=C(\C(=O)N[C@@H]1C(=O)N2C(C(=O)OCc3ccc(OC)cc3)=C(CCl)C[S+]([O-])[C@H]12)c1nsc(NC(=O)OC(C)(C)C)n1. The number of carbonyl (C=O) groups is 5. The quantitative estimate of drug-likeness (QED) is 0.0386. The lowest BCUT2D eigenvalue weighted by Crippen LogP contribution is -2.75. The van der Waals surface area contributed by atoms with Crippen molar-refractivity contribution >= 4 is 75.0 Å². The minimum absolute atomic E-state index is 0.0659. The van der Waals surface area contributed by atoms with Gasteiger partial charge in [-0.1, -0.05) is 30.6 Å². The van der Waals surface area contributed by atoms with Crippen molar-refractivity contribution < 1.29 is 52.3 Å². The highest BCUT2D eigenvalue weighted by molar-refractivity contribution is 7.92. The summed E-state index contributed by atoms with van der Waals surface area (Å²) in [6.45, 7) is 9.69. The molecule has 2 N–H and O–H groups in total. The molecule has 1 aromatic heterocycles. The van der Waals surface area contributed by atoms with Gasteiger partial charge in [0.25, 0.3) is 11.8 Å². The number of rotatable bonds is 15. The van der Waals surface area contributed by atoms with Gasteiger partial charge in [-0.05, 0) is 69.9 Å². The van der Waals surface area contributed by atoms with Crippen LogP contribution in [0.1, 0.15) is 65.8 Å². The van der Waals surface area contributed by atoms with E-state index in [0.29, 0.717) is 29.3 Å². The number of oxime groups is 1. The Hall–Kier alpha value is -4.46. The molecule has 3 atom stereocenters. The third-order valence-corrected chi connectivity index (χ3v) is 10.0. The second-order valence-electron chi connectivity index (χ2n) is 13.2. The molecule has 1 aromatic carbocycles. The molecular weight excluding hydrogens is 756 g/mol. The highest BCUT2D eigenvalue weighted by Gasteiger charge is 2.61. The molecule has 2 aliphatic rings. The van der Waals surface area contributed by atoms with Crippen LogP contribution in [0.3, 0.4) is 0 Å². The summed E-state index contributed by atoms with van der Waals surface area (Å²) in [5.74, 6) is -3.54. The first-order valence-electron chi connectivity index (χ1n) is 16.4. The predicted molar refractivity (Wildman–Crippen MR) is 193 cm³/mol. The zero-order valence-corrected chi connectivity index (χ0v) is 32.6. The molecule has 2 aromatic rings. The van der Waals surface area contributed by atoms with Gasteiger partial charge < -0.3 is 33.7 Å². The first kappa shape index (κ1) is 41.3. The van der Waals surface area contributed by atoms with Crippen LogP contribution < -0.4 is 15.4 Å². The van der Waals surface area contributed by atoms with Crippen molar-refractivity contribution in [3.63, 3.8) is 0 Å². The number of esters is 2. The molecule has 0 bridgehead atoms. The summed E-state index contributed by atoms with van der Waals surface area (Å²) >= 11 is 5.00. The van der Waals surface area contributed by atoms with Crippen LogP contribution in [0.2, 0.25) is 0 Å². The highest BCUT2D eigenvalue weighted by Crippen LogP contribution is 2.38. The summed E-state index contributed by atoms with van der Waals surface area (Å²) in [6, 6.07) is 5.41. The summed E-state index contributed by atoms with van der Waals surface area (Å²) in [7, 11) is 1.52. The number of anilines is 1. The number of halogens is 1. The fourth-order valence-electron chi connectivity index (χ4n) is 4.72. The molecule has 1 fully saturated rings. The molecule has 53 heavy (non-hydrogen) atoms. The van der Waals surface area contributed by atoms with E-state index in [4.69, 9.17) is 35.4 Å². The van der Waals surface area contributed by atoms with E-state index in [1.807, 2.05) is 6.92 Å². The largest absolute Gasteiger partial charge is 0.614 e. The number of hydrogen-bond acceptors (Lipinski definition) is 15. The van der Waals surface area contributed by atoms with Crippen LogP contribution in [0.25, 0.3) is 0 Å². The fourth-order valence-corrected chi connectivity index (χ4v) is 7.29. The lowest BCUT2D eigenvalue weighted by Gasteiger charge is -2.49. The van der Waals surface area contributed by atoms with Gasteiger partial charge in [-0.15, -0.1) is 11.6 Å². The minimum atomic E-state index is -1.80. The number of methoxy groups -OCH3 is 1. The third kappa shape index (κ3) is 10.4. The fraction of sp³-hybridized carbons (Fsp3) is 0.515. The number of aromatic nitrogens is 2. The van der Waals surface area contributed by atoms with Crippen LogP contribution in [0, 0.1) is 0 Å². The Morgan fingerprint density at radius 3 is 2.45 bits per heavy atom. The van der Waals surface area contributed by atoms with Crippen molar-refractivity contribution in [2.45, 2.75) is 83.6 Å². The number of nitrogens with zero attached hydrogens (tertiary/aromatic N) is 4. The maximum Gasteiger partial charge on any atom is 0.414 e. The Labute approximate surface area is 318 Å². The van der Waals surface area contributed by atoms with Crippen molar-refractivity contribution in [2.75, 3.05) is 30.7 Å². The Bertz CT molecular complexity index is 1760. The second-order valence-corrected chi connectivity index (χ2v) is 15.7. The molecule has 4 rings (SSSR count). The monoisotopic (exact) mass is 796 g/mol. The van der Waals surface area contributed by atoms with Crippen molar-refractivity contribution in [3.8, 4) is 5.75 Å². The number of fused-ring (bicyclic) bond motifs is 1. The van der Waals surface area contributed by atoms with E-state index >= 15 is 0 Å². The molecule has 0 spiro atoms. The van der Waals surface area contributed by atoms with Gasteiger partial charge in [-0.3, -0.25) is 19.8 Å². The van der Waals surface area contributed by atoms with Crippen molar-refractivity contribution in [2.24, 2.45) is 5.16 Å². The van der Waals surface area contributed by atoms with Gasteiger partial charge in [-0.2, -0.15) is 9.36 Å². The Morgan fingerprint density at radius 2 is 1.83 bits per heavy atom. The van der Waals surface area contributed by atoms with Crippen LogP contribution in [-0.4, -0.2) is 102 Å².